The molecule has 2 aromatic rings. The molecule has 0 saturated heterocycles. The molecule has 0 spiro atoms. The SMILES string of the molecule is CCS(=O)(=O)c1ccc(NC(=O)OCCc2ccc(CC(=O)O)cc2)cc1C#N. The molecule has 1 amide bonds. The molecule has 152 valence electrons. The van der Waals surface area contributed by atoms with Gasteiger partial charge in [-0.1, -0.05) is 31.2 Å². The second-order valence-corrected chi connectivity index (χ2v) is 8.37. The van der Waals surface area contributed by atoms with Gasteiger partial charge in [0.1, 0.15) is 6.07 Å². The third-order valence-corrected chi connectivity index (χ3v) is 5.85. The number of carboxylic acid groups (broad SMARTS) is 1. The highest BCUT2D eigenvalue weighted by molar-refractivity contribution is 7.91. The van der Waals surface area contributed by atoms with Crippen molar-refractivity contribution in [2.24, 2.45) is 0 Å². The maximum Gasteiger partial charge on any atom is 0.411 e. The zero-order valence-corrected chi connectivity index (χ0v) is 16.5. The van der Waals surface area contributed by atoms with E-state index < -0.39 is 21.9 Å². The monoisotopic (exact) mass is 416 g/mol. The lowest BCUT2D eigenvalue weighted by atomic mass is 10.1. The Kier molecular flexibility index (Phi) is 7.33. The molecular formula is C20H20N2O6S. The first-order valence-electron chi connectivity index (χ1n) is 8.75. The summed E-state index contributed by atoms with van der Waals surface area (Å²) >= 11 is 0. The molecule has 0 unspecified atom stereocenters. The summed E-state index contributed by atoms with van der Waals surface area (Å²) in [5, 5.41) is 20.4. The molecule has 0 heterocycles. The lowest BCUT2D eigenvalue weighted by Gasteiger charge is -2.09. The van der Waals surface area contributed by atoms with E-state index in [0.717, 1.165) is 5.56 Å². The highest BCUT2D eigenvalue weighted by atomic mass is 32.2. The average Bonchev–Trinajstić information content (AvgIpc) is 2.68. The van der Waals surface area contributed by atoms with Crippen molar-refractivity contribution in [1.82, 2.24) is 0 Å². The zero-order chi connectivity index (χ0) is 21.4. The van der Waals surface area contributed by atoms with Gasteiger partial charge in [0.05, 0.1) is 29.2 Å². The van der Waals surface area contributed by atoms with Gasteiger partial charge in [-0.15, -0.1) is 0 Å². The van der Waals surface area contributed by atoms with Gasteiger partial charge < -0.3 is 9.84 Å². The van der Waals surface area contributed by atoms with Crippen LogP contribution in [0, 0.1) is 11.3 Å². The van der Waals surface area contributed by atoms with Crippen LogP contribution in [0.3, 0.4) is 0 Å². The molecule has 2 rings (SSSR count). The number of anilines is 1. The molecular weight excluding hydrogens is 396 g/mol. The lowest BCUT2D eigenvalue weighted by Crippen LogP contribution is -2.16. The Hall–Kier alpha value is -3.38. The summed E-state index contributed by atoms with van der Waals surface area (Å²) in [6.07, 6.45) is -0.345. The number of nitrogens with zero attached hydrogens (tertiary/aromatic N) is 1. The average molecular weight is 416 g/mol. The number of rotatable bonds is 8. The predicted molar refractivity (Wildman–Crippen MR) is 105 cm³/mol. The lowest BCUT2D eigenvalue weighted by molar-refractivity contribution is -0.136. The summed E-state index contributed by atoms with van der Waals surface area (Å²) < 4.78 is 29.0. The summed E-state index contributed by atoms with van der Waals surface area (Å²) in [5.74, 6) is -1.04. The van der Waals surface area contributed by atoms with Gasteiger partial charge in [0.25, 0.3) is 0 Å². The van der Waals surface area contributed by atoms with Crippen molar-refractivity contribution in [1.29, 1.82) is 5.26 Å². The number of carbonyl (C=O) groups excluding carboxylic acids is 1. The third-order valence-electron chi connectivity index (χ3n) is 4.06. The number of aliphatic carboxylic acids is 1. The van der Waals surface area contributed by atoms with Crippen molar-refractivity contribution in [2.45, 2.75) is 24.7 Å². The number of carboxylic acids is 1. The van der Waals surface area contributed by atoms with Crippen LogP contribution in [0.1, 0.15) is 23.6 Å². The van der Waals surface area contributed by atoms with E-state index in [1.165, 1.54) is 25.1 Å². The summed E-state index contributed by atoms with van der Waals surface area (Å²) in [7, 11) is -3.54. The molecule has 0 aliphatic carbocycles. The molecule has 29 heavy (non-hydrogen) atoms. The van der Waals surface area contributed by atoms with E-state index >= 15 is 0 Å². The molecule has 0 saturated carbocycles. The van der Waals surface area contributed by atoms with Crippen LogP contribution < -0.4 is 5.32 Å². The minimum Gasteiger partial charge on any atom is -0.481 e. The largest absolute Gasteiger partial charge is 0.481 e. The highest BCUT2D eigenvalue weighted by Gasteiger charge is 2.17. The van der Waals surface area contributed by atoms with Crippen LogP contribution in [0.2, 0.25) is 0 Å². The van der Waals surface area contributed by atoms with Crippen LogP contribution in [0.25, 0.3) is 0 Å². The topological polar surface area (TPSA) is 134 Å². The first kappa shape index (κ1) is 21.9. The van der Waals surface area contributed by atoms with E-state index in [4.69, 9.17) is 9.84 Å². The van der Waals surface area contributed by atoms with Gasteiger partial charge in [0.2, 0.25) is 0 Å². The Morgan fingerprint density at radius 1 is 1.14 bits per heavy atom. The van der Waals surface area contributed by atoms with Gasteiger partial charge in [-0.3, -0.25) is 10.1 Å². The van der Waals surface area contributed by atoms with Crippen molar-refractivity contribution >= 4 is 27.6 Å². The van der Waals surface area contributed by atoms with Crippen molar-refractivity contribution in [3.63, 3.8) is 0 Å². The van der Waals surface area contributed by atoms with Gasteiger partial charge >= 0.3 is 12.1 Å². The third kappa shape index (κ3) is 6.33. The van der Waals surface area contributed by atoms with Crippen molar-refractivity contribution in [2.75, 3.05) is 17.7 Å². The van der Waals surface area contributed by atoms with Gasteiger partial charge in [-0.25, -0.2) is 13.2 Å². The first-order chi connectivity index (χ1) is 13.7. The minimum atomic E-state index is -3.54. The second-order valence-electron chi connectivity index (χ2n) is 6.12. The first-order valence-corrected chi connectivity index (χ1v) is 10.4. The van der Waals surface area contributed by atoms with E-state index in [1.54, 1.807) is 24.3 Å². The van der Waals surface area contributed by atoms with Gasteiger partial charge in [0.15, 0.2) is 9.84 Å². The quantitative estimate of drug-likeness (QED) is 0.676. The van der Waals surface area contributed by atoms with Gasteiger partial charge in [0, 0.05) is 12.1 Å². The molecule has 0 fully saturated rings. The van der Waals surface area contributed by atoms with Crippen LogP contribution in [-0.4, -0.2) is 37.9 Å². The Morgan fingerprint density at radius 2 is 1.79 bits per heavy atom. The number of sulfone groups is 1. The molecule has 0 bridgehead atoms. The molecule has 9 heteroatoms. The van der Waals surface area contributed by atoms with Crippen LogP contribution in [0.4, 0.5) is 10.5 Å². The van der Waals surface area contributed by atoms with E-state index in [2.05, 4.69) is 5.32 Å². The molecule has 0 radical (unpaired) electrons. The number of hydrogen-bond acceptors (Lipinski definition) is 6. The normalized spacial score (nSPS) is 10.8. The van der Waals surface area contributed by atoms with Crippen LogP contribution in [0.5, 0.6) is 0 Å². The second kappa shape index (κ2) is 9.71. The van der Waals surface area contributed by atoms with Crippen LogP contribution in [-0.2, 0) is 32.2 Å². The molecule has 0 atom stereocenters. The Morgan fingerprint density at radius 3 is 2.38 bits per heavy atom. The fourth-order valence-electron chi connectivity index (χ4n) is 2.54. The van der Waals surface area contributed by atoms with Crippen molar-refractivity contribution in [3.05, 3.63) is 59.2 Å². The number of amides is 1. The summed E-state index contributed by atoms with van der Waals surface area (Å²) in [5.41, 5.74) is 1.76. The Labute approximate surface area is 168 Å². The number of nitrogens with one attached hydrogen (secondary N) is 1. The zero-order valence-electron chi connectivity index (χ0n) is 15.7. The summed E-state index contributed by atoms with van der Waals surface area (Å²) in [4.78, 5) is 22.5. The van der Waals surface area contributed by atoms with Crippen LogP contribution in [0.15, 0.2) is 47.4 Å². The standard InChI is InChI=1S/C20H20N2O6S/c1-2-29(26,27)18-8-7-17(12-16(18)13-21)22-20(25)28-10-9-14-3-5-15(6-4-14)11-19(23)24/h3-8,12H,2,9-11H2,1H3,(H,22,25)(H,23,24). The minimum absolute atomic E-state index is 0.0499. The van der Waals surface area contributed by atoms with Gasteiger partial charge in [-0.2, -0.15) is 5.26 Å². The van der Waals surface area contributed by atoms with E-state index in [0.29, 0.717) is 12.0 Å². The Bertz CT molecular complexity index is 1040. The van der Waals surface area contributed by atoms with Crippen molar-refractivity contribution in [3.8, 4) is 6.07 Å². The molecule has 0 aromatic heterocycles. The number of benzene rings is 2. The van der Waals surface area contributed by atoms with Crippen molar-refractivity contribution < 1.29 is 27.9 Å². The number of hydrogen-bond donors (Lipinski definition) is 2. The maximum atomic E-state index is 12.0. The Balaban J connectivity index is 1.91. The van der Waals surface area contributed by atoms with E-state index in [9.17, 15) is 23.3 Å². The summed E-state index contributed by atoms with van der Waals surface area (Å²) in [6.45, 7) is 1.58. The highest BCUT2D eigenvalue weighted by Crippen LogP contribution is 2.21. The van der Waals surface area contributed by atoms with E-state index in [1.807, 2.05) is 6.07 Å². The molecule has 8 nitrogen and oxygen atoms in total. The number of ether oxygens (including phenoxy) is 1. The predicted octanol–water partition coefficient (Wildman–Crippen LogP) is 2.77. The smallest absolute Gasteiger partial charge is 0.411 e. The fourth-order valence-corrected chi connectivity index (χ4v) is 3.56. The summed E-state index contributed by atoms with van der Waals surface area (Å²) in [6, 6.07) is 12.7. The molecule has 2 N–H and O–H groups in total. The number of nitriles is 1. The molecule has 0 aliphatic heterocycles. The fraction of sp³-hybridized carbons (Fsp3) is 0.250. The van der Waals surface area contributed by atoms with E-state index in [-0.39, 0.29) is 34.9 Å². The maximum absolute atomic E-state index is 12.0. The molecule has 2 aromatic carbocycles. The van der Waals surface area contributed by atoms with Gasteiger partial charge in [-0.05, 0) is 29.3 Å². The number of carbonyl (C=O) groups is 2. The van der Waals surface area contributed by atoms with Crippen LogP contribution >= 0.6 is 0 Å². The molecule has 0 aliphatic rings.